The van der Waals surface area contributed by atoms with E-state index in [4.69, 9.17) is 27.9 Å². The minimum atomic E-state index is -4.33. The number of benzene rings is 4. The normalized spacial score (nSPS) is 12.6. The number of halogens is 2. The number of carbonyl (C=O) groups excluding carboxylic acids is 2. The highest BCUT2D eigenvalue weighted by atomic mass is 35.5. The monoisotopic (exact) mass is 695 g/mol. The Morgan fingerprint density at radius 2 is 1.57 bits per heavy atom. The molecule has 0 aliphatic rings. The van der Waals surface area contributed by atoms with E-state index in [0.29, 0.717) is 17.7 Å². The van der Waals surface area contributed by atoms with Gasteiger partial charge in [-0.1, -0.05) is 90.3 Å². The molecule has 0 saturated heterocycles. The zero-order valence-corrected chi connectivity index (χ0v) is 29.1. The van der Waals surface area contributed by atoms with Crippen molar-refractivity contribution < 1.29 is 22.7 Å². The highest BCUT2D eigenvalue weighted by molar-refractivity contribution is 7.92. The molecule has 11 heteroatoms. The fraction of sp³-hybridized carbons (Fsp3) is 0.278. The Morgan fingerprint density at radius 1 is 0.894 bits per heavy atom. The van der Waals surface area contributed by atoms with Crippen molar-refractivity contribution in [1.29, 1.82) is 0 Å². The number of hydrogen-bond acceptors (Lipinski definition) is 5. The van der Waals surface area contributed by atoms with Crippen LogP contribution in [0, 0.1) is 6.92 Å². The van der Waals surface area contributed by atoms with E-state index in [1.165, 1.54) is 35.2 Å². The average Bonchev–Trinajstić information content (AvgIpc) is 3.06. The number of carbonyl (C=O) groups is 2. The molecule has 0 heterocycles. The summed E-state index contributed by atoms with van der Waals surface area (Å²) in [6.07, 6.45) is 0.880. The second-order valence-electron chi connectivity index (χ2n) is 11.3. The van der Waals surface area contributed by atoms with E-state index in [2.05, 4.69) is 5.32 Å². The molecule has 0 aromatic heterocycles. The lowest BCUT2D eigenvalue weighted by Crippen LogP contribution is -2.54. The second kappa shape index (κ2) is 16.2. The Hall–Kier alpha value is -4.05. The van der Waals surface area contributed by atoms with Crippen molar-refractivity contribution in [2.45, 2.75) is 57.1 Å². The lowest BCUT2D eigenvalue weighted by Gasteiger charge is -2.34. The van der Waals surface area contributed by atoms with Gasteiger partial charge in [0.05, 0.1) is 22.7 Å². The smallest absolute Gasteiger partial charge is 0.264 e. The van der Waals surface area contributed by atoms with Crippen molar-refractivity contribution in [2.24, 2.45) is 0 Å². The van der Waals surface area contributed by atoms with Crippen LogP contribution in [0.5, 0.6) is 5.75 Å². The first-order valence-electron chi connectivity index (χ1n) is 15.2. The van der Waals surface area contributed by atoms with Crippen LogP contribution in [-0.4, -0.2) is 50.9 Å². The van der Waals surface area contributed by atoms with Crippen LogP contribution in [-0.2, 0) is 32.6 Å². The number of anilines is 1. The molecule has 0 spiro atoms. The number of sulfonamides is 1. The fourth-order valence-electron chi connectivity index (χ4n) is 4.99. The third kappa shape index (κ3) is 9.28. The van der Waals surface area contributed by atoms with Crippen LogP contribution in [0.3, 0.4) is 0 Å². The molecule has 2 atom stereocenters. The van der Waals surface area contributed by atoms with E-state index >= 15 is 0 Å². The zero-order valence-electron chi connectivity index (χ0n) is 26.8. The van der Waals surface area contributed by atoms with E-state index in [9.17, 15) is 18.0 Å². The molecule has 0 unspecified atom stereocenters. The van der Waals surface area contributed by atoms with Crippen molar-refractivity contribution >= 4 is 50.7 Å². The molecule has 4 aromatic carbocycles. The number of aryl methyl sites for hydroxylation is 1. The minimum Gasteiger partial charge on any atom is -0.497 e. The summed E-state index contributed by atoms with van der Waals surface area (Å²) in [6.45, 7) is 5.05. The molecule has 0 aliphatic heterocycles. The summed E-state index contributed by atoms with van der Waals surface area (Å²) in [4.78, 5) is 30.0. The molecule has 0 aliphatic carbocycles. The molecule has 8 nitrogen and oxygen atoms in total. The first-order chi connectivity index (χ1) is 22.4. The summed E-state index contributed by atoms with van der Waals surface area (Å²) in [7, 11) is -2.78. The van der Waals surface area contributed by atoms with Crippen LogP contribution in [0.2, 0.25) is 10.0 Å². The first kappa shape index (κ1) is 35.8. The molecule has 0 bridgehead atoms. The van der Waals surface area contributed by atoms with E-state index < -0.39 is 28.5 Å². The zero-order chi connectivity index (χ0) is 34.1. The first-order valence-corrected chi connectivity index (χ1v) is 17.4. The summed E-state index contributed by atoms with van der Waals surface area (Å²) in [5.41, 5.74) is 2.44. The highest BCUT2D eigenvalue weighted by Crippen LogP contribution is 2.33. The summed E-state index contributed by atoms with van der Waals surface area (Å²) < 4.78 is 34.9. The van der Waals surface area contributed by atoms with Crippen LogP contribution in [0.25, 0.3) is 0 Å². The maximum Gasteiger partial charge on any atom is 0.264 e. The molecule has 1 N–H and O–H groups in total. The van der Waals surface area contributed by atoms with E-state index in [1.807, 2.05) is 57.2 Å². The molecule has 4 aromatic rings. The third-order valence-electron chi connectivity index (χ3n) is 7.82. The maximum atomic E-state index is 14.6. The van der Waals surface area contributed by atoms with Crippen molar-refractivity contribution in [3.63, 3.8) is 0 Å². The van der Waals surface area contributed by atoms with Crippen LogP contribution >= 0.6 is 23.2 Å². The Bertz CT molecular complexity index is 1790. The summed E-state index contributed by atoms with van der Waals surface area (Å²) in [6, 6.07) is 26.2. The Labute approximate surface area is 287 Å². The Kier molecular flexibility index (Phi) is 12.3. The van der Waals surface area contributed by atoms with Crippen molar-refractivity contribution in [3.8, 4) is 5.75 Å². The number of amides is 2. The van der Waals surface area contributed by atoms with Gasteiger partial charge < -0.3 is 15.0 Å². The predicted molar refractivity (Wildman–Crippen MR) is 188 cm³/mol. The lowest BCUT2D eigenvalue weighted by molar-refractivity contribution is -0.140. The number of hydrogen-bond donors (Lipinski definition) is 1. The quantitative estimate of drug-likeness (QED) is 0.152. The number of nitrogens with one attached hydrogen (secondary N) is 1. The number of nitrogens with zero attached hydrogens (tertiary/aromatic N) is 2. The average molecular weight is 697 g/mol. The SMILES string of the molecule is CC[C@@H](C)NC(=O)[C@@H](Cc1ccccc1)N(Cc1cccc(OC)c1)C(=O)CN(c1cc(Cl)ccc1Cl)S(=O)(=O)c1ccc(C)cc1. The van der Waals surface area contributed by atoms with Gasteiger partial charge in [-0.2, -0.15) is 0 Å². The molecule has 0 fully saturated rings. The number of methoxy groups -OCH3 is 1. The molecule has 2 amide bonds. The van der Waals surface area contributed by atoms with Crippen molar-refractivity contribution in [1.82, 2.24) is 10.2 Å². The van der Waals surface area contributed by atoms with Gasteiger partial charge in [-0.25, -0.2) is 8.42 Å². The molecule has 4 rings (SSSR count). The molecular formula is C36H39Cl2N3O5S. The van der Waals surface area contributed by atoms with Crippen molar-refractivity contribution in [2.75, 3.05) is 18.0 Å². The predicted octanol–water partition coefficient (Wildman–Crippen LogP) is 7.06. The van der Waals surface area contributed by atoms with Crippen molar-refractivity contribution in [3.05, 3.63) is 124 Å². The van der Waals surface area contributed by atoms with Gasteiger partial charge in [0.1, 0.15) is 18.3 Å². The summed E-state index contributed by atoms with van der Waals surface area (Å²) >= 11 is 12.9. The van der Waals surface area contributed by atoms with E-state index in [1.54, 1.807) is 37.4 Å². The molecule has 0 saturated carbocycles. The lowest BCUT2D eigenvalue weighted by atomic mass is 10.0. The summed E-state index contributed by atoms with van der Waals surface area (Å²) in [5, 5.41) is 3.36. The second-order valence-corrected chi connectivity index (χ2v) is 14.0. The summed E-state index contributed by atoms with van der Waals surface area (Å²) in [5.74, 6) is -0.388. The van der Waals surface area contributed by atoms with Crippen LogP contribution in [0.4, 0.5) is 5.69 Å². The number of ether oxygens (including phenoxy) is 1. The van der Waals surface area contributed by atoms with Gasteiger partial charge in [-0.3, -0.25) is 13.9 Å². The van der Waals surface area contributed by atoms with Gasteiger partial charge in [0.15, 0.2) is 0 Å². The standard InChI is InChI=1S/C36H39Cl2N3O5S/c1-5-26(3)39-36(43)34(21-27-10-7-6-8-11-27)40(23-28-12-9-13-30(20-28)46-4)35(42)24-41(33-22-29(37)16-19-32(33)38)47(44,45)31-17-14-25(2)15-18-31/h6-20,22,26,34H,5,21,23-24H2,1-4H3,(H,39,43)/t26-,34-/m1/s1. The van der Waals surface area contributed by atoms with Crippen LogP contribution < -0.4 is 14.4 Å². The Balaban J connectivity index is 1.85. The van der Waals surface area contributed by atoms with Gasteiger partial charge in [0.25, 0.3) is 10.0 Å². The number of rotatable bonds is 14. The molecular weight excluding hydrogens is 657 g/mol. The molecule has 0 radical (unpaired) electrons. The van der Waals surface area contributed by atoms with E-state index in [0.717, 1.165) is 15.4 Å². The minimum absolute atomic E-state index is 0.00313. The topological polar surface area (TPSA) is 96.0 Å². The van der Waals surface area contributed by atoms with Gasteiger partial charge >= 0.3 is 0 Å². The van der Waals surface area contributed by atoms with Gasteiger partial charge in [0, 0.05) is 24.0 Å². The van der Waals surface area contributed by atoms with Crippen LogP contribution in [0.1, 0.15) is 37.0 Å². The maximum absolute atomic E-state index is 14.6. The Morgan fingerprint density at radius 3 is 2.23 bits per heavy atom. The van der Waals surface area contributed by atoms with Gasteiger partial charge in [0.2, 0.25) is 11.8 Å². The highest BCUT2D eigenvalue weighted by Gasteiger charge is 2.35. The van der Waals surface area contributed by atoms with Crippen LogP contribution in [0.15, 0.2) is 102 Å². The van der Waals surface area contributed by atoms with Gasteiger partial charge in [-0.05, 0) is 73.9 Å². The molecule has 248 valence electrons. The third-order valence-corrected chi connectivity index (χ3v) is 10.2. The van der Waals surface area contributed by atoms with Gasteiger partial charge in [-0.15, -0.1) is 0 Å². The van der Waals surface area contributed by atoms with E-state index in [-0.39, 0.29) is 45.5 Å². The fourth-order valence-corrected chi connectivity index (χ4v) is 6.85. The molecule has 47 heavy (non-hydrogen) atoms. The largest absolute Gasteiger partial charge is 0.497 e.